The lowest BCUT2D eigenvalue weighted by atomic mass is 9.90. The van der Waals surface area contributed by atoms with Gasteiger partial charge in [-0.3, -0.25) is 5.10 Å². The first-order chi connectivity index (χ1) is 14.1. The van der Waals surface area contributed by atoms with Crippen LogP contribution >= 0.6 is 0 Å². The molecule has 4 N–H and O–H groups in total. The van der Waals surface area contributed by atoms with Gasteiger partial charge in [-0.15, -0.1) is 0 Å². The van der Waals surface area contributed by atoms with Gasteiger partial charge in [0.1, 0.15) is 23.7 Å². The maximum atomic E-state index is 14.3. The number of aromatic nitrogens is 4. The third-order valence-electron chi connectivity index (χ3n) is 4.57. The van der Waals surface area contributed by atoms with Crippen molar-refractivity contribution >= 4 is 11.6 Å². The highest BCUT2D eigenvalue weighted by Gasteiger charge is 2.30. The zero-order valence-corrected chi connectivity index (χ0v) is 15.5. The number of hydrogen-bond donors (Lipinski definition) is 3. The molecule has 1 saturated carbocycles. The minimum Gasteiger partial charge on any atom is -0.493 e. The summed E-state index contributed by atoms with van der Waals surface area (Å²) in [5.41, 5.74) is 6.97. The first-order valence-corrected chi connectivity index (χ1v) is 8.91. The number of nitrogens with two attached hydrogens (primary N) is 1. The van der Waals surface area contributed by atoms with Crippen molar-refractivity contribution in [2.24, 2.45) is 5.73 Å². The summed E-state index contributed by atoms with van der Waals surface area (Å²) in [6, 6.07) is 6.58. The van der Waals surface area contributed by atoms with E-state index in [0.717, 1.165) is 12.8 Å². The van der Waals surface area contributed by atoms with Gasteiger partial charge in [-0.05, 0) is 25.0 Å². The number of methoxy groups -OCH3 is 1. The predicted molar refractivity (Wildman–Crippen MR) is 102 cm³/mol. The van der Waals surface area contributed by atoms with Crippen molar-refractivity contribution in [2.45, 2.75) is 25.0 Å². The Labute approximate surface area is 165 Å². The molecule has 0 aliphatic heterocycles. The summed E-state index contributed by atoms with van der Waals surface area (Å²) in [6.45, 7) is 0. The molecule has 1 aromatic carbocycles. The Kier molecular flexibility index (Phi) is 4.97. The molecule has 0 radical (unpaired) electrons. The van der Waals surface area contributed by atoms with E-state index >= 15 is 0 Å². The first-order valence-electron chi connectivity index (χ1n) is 8.91. The standard InChI is InChI=1S/C19H18FN7O2/c1-28-19-13(20)2-3-15(29-12-4-10(22)5-12)18(19)14-6-16(27-26-14)25-17-9-23-11(7-21)8-24-17/h2-3,6,8-10,12H,4-5,22H2,1H3,(H2,24,25,26,27). The Hall–Kier alpha value is -3.71. The molecule has 1 aliphatic rings. The molecule has 2 heterocycles. The van der Waals surface area contributed by atoms with Crippen LogP contribution in [0.25, 0.3) is 11.3 Å². The topological polar surface area (TPSA) is 135 Å². The number of aromatic amines is 1. The number of nitriles is 1. The molecule has 29 heavy (non-hydrogen) atoms. The number of halogens is 1. The number of benzene rings is 1. The van der Waals surface area contributed by atoms with Crippen LogP contribution in [0.2, 0.25) is 0 Å². The molecule has 0 spiro atoms. The van der Waals surface area contributed by atoms with E-state index in [1.807, 2.05) is 6.07 Å². The van der Waals surface area contributed by atoms with Gasteiger partial charge >= 0.3 is 0 Å². The van der Waals surface area contributed by atoms with Crippen molar-refractivity contribution in [2.75, 3.05) is 12.4 Å². The van der Waals surface area contributed by atoms with Crippen molar-refractivity contribution in [3.63, 3.8) is 0 Å². The molecule has 0 atom stereocenters. The Morgan fingerprint density at radius 3 is 2.76 bits per heavy atom. The maximum Gasteiger partial charge on any atom is 0.167 e. The van der Waals surface area contributed by atoms with Crippen molar-refractivity contribution in [1.29, 1.82) is 5.26 Å². The van der Waals surface area contributed by atoms with E-state index in [4.69, 9.17) is 20.5 Å². The largest absolute Gasteiger partial charge is 0.493 e. The second-order valence-electron chi connectivity index (χ2n) is 6.62. The second kappa shape index (κ2) is 7.73. The highest BCUT2D eigenvalue weighted by atomic mass is 19.1. The number of rotatable bonds is 6. The molecule has 0 amide bonds. The predicted octanol–water partition coefficient (Wildman–Crippen LogP) is 2.50. The van der Waals surface area contributed by atoms with Crippen LogP contribution in [0.1, 0.15) is 18.5 Å². The molecule has 3 aromatic rings. The van der Waals surface area contributed by atoms with Crippen molar-refractivity contribution in [3.05, 3.63) is 42.1 Å². The number of hydrogen-bond acceptors (Lipinski definition) is 8. The average molecular weight is 395 g/mol. The highest BCUT2D eigenvalue weighted by molar-refractivity contribution is 5.76. The average Bonchev–Trinajstić information content (AvgIpc) is 3.16. The minimum absolute atomic E-state index is 0.0200. The second-order valence-corrected chi connectivity index (χ2v) is 6.62. The van der Waals surface area contributed by atoms with Gasteiger partial charge in [0.15, 0.2) is 23.1 Å². The molecular formula is C19H18FN7O2. The molecule has 2 aromatic heterocycles. The van der Waals surface area contributed by atoms with E-state index in [0.29, 0.717) is 28.6 Å². The number of nitrogens with zero attached hydrogens (tertiary/aromatic N) is 4. The fourth-order valence-corrected chi connectivity index (χ4v) is 3.07. The highest BCUT2D eigenvalue weighted by Crippen LogP contribution is 2.41. The summed E-state index contributed by atoms with van der Waals surface area (Å²) in [4.78, 5) is 8.03. The van der Waals surface area contributed by atoms with Gasteiger partial charge in [0, 0.05) is 12.1 Å². The van der Waals surface area contributed by atoms with Crippen molar-refractivity contribution < 1.29 is 13.9 Å². The lowest BCUT2D eigenvalue weighted by Crippen LogP contribution is -2.43. The number of H-pyrrole nitrogens is 1. The maximum absolute atomic E-state index is 14.3. The van der Waals surface area contributed by atoms with E-state index in [2.05, 4.69) is 25.5 Å². The summed E-state index contributed by atoms with van der Waals surface area (Å²) in [5, 5.41) is 18.8. The SMILES string of the molecule is COc1c(F)ccc(OC2CC(N)C2)c1-c1cc(Nc2cnc(C#N)cn2)n[nH]1. The third kappa shape index (κ3) is 3.81. The molecule has 0 saturated heterocycles. The van der Waals surface area contributed by atoms with Crippen LogP contribution in [0, 0.1) is 17.1 Å². The molecule has 0 bridgehead atoms. The van der Waals surface area contributed by atoms with Gasteiger partial charge in [-0.2, -0.15) is 10.4 Å². The van der Waals surface area contributed by atoms with Crippen molar-refractivity contribution in [3.8, 4) is 28.8 Å². The number of ether oxygens (including phenoxy) is 2. The van der Waals surface area contributed by atoms with E-state index in [9.17, 15) is 4.39 Å². The molecule has 148 valence electrons. The summed E-state index contributed by atoms with van der Waals surface area (Å²) >= 11 is 0. The summed E-state index contributed by atoms with van der Waals surface area (Å²) in [5.74, 6) is 0.866. The Balaban J connectivity index is 1.63. The van der Waals surface area contributed by atoms with Crippen LogP contribution in [0.3, 0.4) is 0 Å². The summed E-state index contributed by atoms with van der Waals surface area (Å²) in [6.07, 6.45) is 4.23. The minimum atomic E-state index is -0.512. The van der Waals surface area contributed by atoms with Gasteiger partial charge in [0.2, 0.25) is 0 Å². The van der Waals surface area contributed by atoms with Crippen molar-refractivity contribution in [1.82, 2.24) is 20.2 Å². The van der Waals surface area contributed by atoms with Gasteiger partial charge in [-0.1, -0.05) is 0 Å². The number of anilines is 2. The molecule has 1 aliphatic carbocycles. The Bertz CT molecular complexity index is 1060. The van der Waals surface area contributed by atoms with Crippen LogP contribution in [0.4, 0.5) is 16.0 Å². The molecule has 1 fully saturated rings. The molecule has 9 nitrogen and oxygen atoms in total. The van der Waals surface area contributed by atoms with Crippen LogP contribution < -0.4 is 20.5 Å². The van der Waals surface area contributed by atoms with Crippen LogP contribution in [-0.2, 0) is 0 Å². The van der Waals surface area contributed by atoms with Gasteiger partial charge in [-0.25, -0.2) is 14.4 Å². The van der Waals surface area contributed by atoms with E-state index < -0.39 is 5.82 Å². The fourth-order valence-electron chi connectivity index (χ4n) is 3.07. The van der Waals surface area contributed by atoms with Crippen LogP contribution in [-0.4, -0.2) is 39.4 Å². The lowest BCUT2D eigenvalue weighted by molar-refractivity contribution is 0.101. The van der Waals surface area contributed by atoms with E-state index in [-0.39, 0.29) is 23.6 Å². The zero-order chi connectivity index (χ0) is 20.4. The van der Waals surface area contributed by atoms with Gasteiger partial charge in [0.05, 0.1) is 30.8 Å². The zero-order valence-electron chi connectivity index (χ0n) is 15.5. The normalized spacial score (nSPS) is 17.9. The lowest BCUT2D eigenvalue weighted by Gasteiger charge is -2.33. The smallest absolute Gasteiger partial charge is 0.167 e. The number of nitrogens with one attached hydrogen (secondary N) is 2. The first kappa shape index (κ1) is 18.6. The van der Waals surface area contributed by atoms with E-state index in [1.54, 1.807) is 12.1 Å². The summed E-state index contributed by atoms with van der Waals surface area (Å²) in [7, 11) is 1.40. The van der Waals surface area contributed by atoms with Gasteiger partial charge < -0.3 is 20.5 Å². The molecule has 4 rings (SSSR count). The summed E-state index contributed by atoms with van der Waals surface area (Å²) < 4.78 is 25.6. The Morgan fingerprint density at radius 2 is 2.10 bits per heavy atom. The molecular weight excluding hydrogens is 377 g/mol. The molecule has 10 heteroatoms. The fraction of sp³-hybridized carbons (Fsp3) is 0.263. The van der Waals surface area contributed by atoms with Crippen LogP contribution in [0.5, 0.6) is 11.5 Å². The quantitative estimate of drug-likeness (QED) is 0.579. The molecule has 0 unspecified atom stereocenters. The van der Waals surface area contributed by atoms with E-state index in [1.165, 1.54) is 25.6 Å². The van der Waals surface area contributed by atoms with Crippen LogP contribution in [0.15, 0.2) is 30.6 Å². The monoisotopic (exact) mass is 395 g/mol. The third-order valence-corrected chi connectivity index (χ3v) is 4.57. The Morgan fingerprint density at radius 1 is 1.28 bits per heavy atom. The van der Waals surface area contributed by atoms with Gasteiger partial charge in [0.25, 0.3) is 0 Å².